The van der Waals surface area contributed by atoms with Crippen molar-refractivity contribution in [3.63, 3.8) is 0 Å². The molecule has 1 saturated carbocycles. The van der Waals surface area contributed by atoms with Crippen molar-refractivity contribution >= 4 is 21.6 Å². The monoisotopic (exact) mass is 372 g/mol. The number of ether oxygens (including phenoxy) is 1. The van der Waals surface area contributed by atoms with Crippen LogP contribution in [0.4, 0.5) is 5.69 Å². The summed E-state index contributed by atoms with van der Waals surface area (Å²) in [5.74, 6) is 0.786. The van der Waals surface area contributed by atoms with Crippen LogP contribution >= 0.6 is 0 Å². The van der Waals surface area contributed by atoms with E-state index in [9.17, 15) is 13.2 Å². The average molecular weight is 372 g/mol. The molecule has 1 N–H and O–H groups in total. The Morgan fingerprint density at radius 1 is 1.12 bits per heavy atom. The van der Waals surface area contributed by atoms with Crippen molar-refractivity contribution in [2.75, 3.05) is 18.5 Å². The number of hydrogen-bond donors (Lipinski definition) is 1. The third-order valence-corrected chi connectivity index (χ3v) is 6.46. The molecule has 26 heavy (non-hydrogen) atoms. The van der Waals surface area contributed by atoms with E-state index in [-0.39, 0.29) is 36.4 Å². The van der Waals surface area contributed by atoms with Gasteiger partial charge in [0.15, 0.2) is 0 Å². The minimum Gasteiger partial charge on any atom is -0.492 e. The van der Waals surface area contributed by atoms with E-state index in [2.05, 4.69) is 5.32 Å². The molecule has 0 aromatic heterocycles. The topological polar surface area (TPSA) is 75.7 Å². The van der Waals surface area contributed by atoms with E-state index in [1.54, 1.807) is 48.5 Å². The summed E-state index contributed by atoms with van der Waals surface area (Å²) in [4.78, 5) is 12.2. The molecular formula is C19H20N2O4S. The highest BCUT2D eigenvalue weighted by Crippen LogP contribution is 2.32. The van der Waals surface area contributed by atoms with Gasteiger partial charge in [0.25, 0.3) is 0 Å². The van der Waals surface area contributed by atoms with Crippen LogP contribution in [0.3, 0.4) is 0 Å². The third kappa shape index (κ3) is 3.45. The van der Waals surface area contributed by atoms with Crippen LogP contribution in [0.1, 0.15) is 18.4 Å². The van der Waals surface area contributed by atoms with Gasteiger partial charge in [-0.2, -0.15) is 4.31 Å². The molecule has 0 saturated heterocycles. The Labute approximate surface area is 152 Å². The SMILES string of the molecule is O=C(Nc1ccc2c(c1)CN(S(=O)(=O)c1ccccc1)CCO2)C1CC1. The molecule has 136 valence electrons. The Bertz CT molecular complexity index is 924. The Morgan fingerprint density at radius 3 is 2.62 bits per heavy atom. The standard InChI is InChI=1S/C19H20N2O4S/c22-19(14-6-7-14)20-16-8-9-18-15(12-16)13-21(10-11-25-18)26(23,24)17-4-2-1-3-5-17/h1-5,8-9,12,14H,6-7,10-11,13H2,(H,20,22). The highest BCUT2D eigenvalue weighted by atomic mass is 32.2. The van der Waals surface area contributed by atoms with Crippen molar-refractivity contribution in [1.82, 2.24) is 4.31 Å². The first-order valence-corrected chi connectivity index (χ1v) is 10.1. The van der Waals surface area contributed by atoms with Crippen molar-refractivity contribution in [3.8, 4) is 5.75 Å². The van der Waals surface area contributed by atoms with Crippen molar-refractivity contribution in [3.05, 3.63) is 54.1 Å². The Kier molecular flexibility index (Phi) is 4.42. The van der Waals surface area contributed by atoms with E-state index in [0.717, 1.165) is 18.4 Å². The fraction of sp³-hybridized carbons (Fsp3) is 0.316. The molecule has 1 amide bonds. The highest BCUT2D eigenvalue weighted by molar-refractivity contribution is 7.89. The van der Waals surface area contributed by atoms with Gasteiger partial charge in [0.05, 0.1) is 4.90 Å². The number of amides is 1. The number of nitrogens with zero attached hydrogens (tertiary/aromatic N) is 1. The maximum Gasteiger partial charge on any atom is 0.243 e. The van der Waals surface area contributed by atoms with Crippen LogP contribution in [0.25, 0.3) is 0 Å². The second-order valence-electron chi connectivity index (χ2n) is 6.59. The first-order valence-electron chi connectivity index (χ1n) is 8.66. The molecule has 0 spiro atoms. The fourth-order valence-corrected chi connectivity index (χ4v) is 4.41. The first-order chi connectivity index (χ1) is 12.5. The molecule has 1 fully saturated rings. The van der Waals surface area contributed by atoms with Gasteiger partial charge >= 0.3 is 0 Å². The summed E-state index contributed by atoms with van der Waals surface area (Å²) in [5.41, 5.74) is 1.42. The highest BCUT2D eigenvalue weighted by Gasteiger charge is 2.30. The van der Waals surface area contributed by atoms with E-state index < -0.39 is 10.0 Å². The van der Waals surface area contributed by atoms with Crippen molar-refractivity contribution in [2.45, 2.75) is 24.3 Å². The van der Waals surface area contributed by atoms with Gasteiger partial charge in [-0.1, -0.05) is 18.2 Å². The number of fused-ring (bicyclic) bond motifs is 1. The van der Waals surface area contributed by atoms with Crippen LogP contribution in [-0.2, 0) is 21.4 Å². The third-order valence-electron chi connectivity index (χ3n) is 4.60. The lowest BCUT2D eigenvalue weighted by molar-refractivity contribution is -0.117. The van der Waals surface area contributed by atoms with E-state index in [1.165, 1.54) is 4.31 Å². The summed E-state index contributed by atoms with van der Waals surface area (Å²) in [5, 5.41) is 2.90. The number of carbonyl (C=O) groups excluding carboxylic acids is 1. The summed E-state index contributed by atoms with van der Waals surface area (Å²) < 4.78 is 32.9. The normalized spacial score (nSPS) is 17.7. The number of nitrogens with one attached hydrogen (secondary N) is 1. The van der Waals surface area contributed by atoms with Gasteiger partial charge < -0.3 is 10.1 Å². The van der Waals surface area contributed by atoms with Crippen LogP contribution in [0.2, 0.25) is 0 Å². The maximum absolute atomic E-state index is 12.9. The van der Waals surface area contributed by atoms with E-state index >= 15 is 0 Å². The predicted molar refractivity (Wildman–Crippen MR) is 97.3 cm³/mol. The van der Waals surface area contributed by atoms with Crippen molar-refractivity contribution in [1.29, 1.82) is 0 Å². The van der Waals surface area contributed by atoms with Gasteiger partial charge in [0, 0.05) is 30.3 Å². The summed E-state index contributed by atoms with van der Waals surface area (Å²) in [6.07, 6.45) is 1.87. The summed E-state index contributed by atoms with van der Waals surface area (Å²) in [6.45, 7) is 0.766. The minimum atomic E-state index is -3.60. The predicted octanol–water partition coefficient (Wildman–Crippen LogP) is 2.62. The van der Waals surface area contributed by atoms with Crippen LogP contribution < -0.4 is 10.1 Å². The molecule has 7 heteroatoms. The van der Waals surface area contributed by atoms with Crippen LogP contribution in [0.5, 0.6) is 5.75 Å². The van der Waals surface area contributed by atoms with Gasteiger partial charge in [-0.15, -0.1) is 0 Å². The van der Waals surface area contributed by atoms with E-state index in [1.807, 2.05) is 0 Å². The second-order valence-corrected chi connectivity index (χ2v) is 8.52. The van der Waals surface area contributed by atoms with Gasteiger partial charge in [-0.3, -0.25) is 4.79 Å². The first kappa shape index (κ1) is 17.1. The van der Waals surface area contributed by atoms with E-state index in [0.29, 0.717) is 11.4 Å². The largest absolute Gasteiger partial charge is 0.492 e. The van der Waals surface area contributed by atoms with Crippen molar-refractivity contribution < 1.29 is 17.9 Å². The Morgan fingerprint density at radius 2 is 1.88 bits per heavy atom. The number of benzene rings is 2. The molecule has 2 aromatic carbocycles. The molecule has 0 bridgehead atoms. The molecule has 6 nitrogen and oxygen atoms in total. The molecule has 1 aliphatic carbocycles. The zero-order chi connectivity index (χ0) is 18.1. The van der Waals surface area contributed by atoms with Gasteiger partial charge in [0.2, 0.25) is 15.9 Å². The number of rotatable bonds is 4. The minimum absolute atomic E-state index is 0.0215. The number of carbonyl (C=O) groups is 1. The van der Waals surface area contributed by atoms with Crippen LogP contribution in [0, 0.1) is 5.92 Å². The maximum atomic E-state index is 12.9. The zero-order valence-electron chi connectivity index (χ0n) is 14.2. The Hall–Kier alpha value is -2.38. The van der Waals surface area contributed by atoms with Crippen LogP contribution in [-0.4, -0.2) is 31.8 Å². The number of hydrogen-bond acceptors (Lipinski definition) is 4. The molecule has 0 atom stereocenters. The number of anilines is 1. The van der Waals surface area contributed by atoms with Gasteiger partial charge in [-0.05, 0) is 43.2 Å². The lowest BCUT2D eigenvalue weighted by atomic mass is 10.1. The molecular weight excluding hydrogens is 352 g/mol. The average Bonchev–Trinajstić information content (AvgIpc) is 3.49. The second kappa shape index (κ2) is 6.74. The fourth-order valence-electron chi connectivity index (χ4n) is 2.98. The molecule has 2 aliphatic rings. The zero-order valence-corrected chi connectivity index (χ0v) is 15.0. The molecule has 1 heterocycles. The summed E-state index contributed by atoms with van der Waals surface area (Å²) in [6, 6.07) is 13.8. The summed E-state index contributed by atoms with van der Waals surface area (Å²) >= 11 is 0. The lowest BCUT2D eigenvalue weighted by Gasteiger charge is -2.19. The number of sulfonamides is 1. The smallest absolute Gasteiger partial charge is 0.243 e. The lowest BCUT2D eigenvalue weighted by Crippen LogP contribution is -2.32. The van der Waals surface area contributed by atoms with E-state index in [4.69, 9.17) is 4.74 Å². The molecule has 0 unspecified atom stereocenters. The van der Waals surface area contributed by atoms with Crippen molar-refractivity contribution in [2.24, 2.45) is 5.92 Å². The Balaban J connectivity index is 1.59. The molecule has 0 radical (unpaired) electrons. The quantitative estimate of drug-likeness (QED) is 0.895. The molecule has 1 aliphatic heterocycles. The molecule has 2 aromatic rings. The summed E-state index contributed by atoms with van der Waals surface area (Å²) in [7, 11) is -3.60. The van der Waals surface area contributed by atoms with Crippen LogP contribution in [0.15, 0.2) is 53.4 Å². The van der Waals surface area contributed by atoms with Gasteiger partial charge in [0.1, 0.15) is 12.4 Å². The van der Waals surface area contributed by atoms with Gasteiger partial charge in [-0.25, -0.2) is 8.42 Å². The molecule has 4 rings (SSSR count).